The van der Waals surface area contributed by atoms with Crippen molar-refractivity contribution in [3.05, 3.63) is 65.2 Å². The van der Waals surface area contributed by atoms with Crippen LogP contribution in [0, 0.1) is 0 Å². The number of carbonyl (C=O) groups excluding carboxylic acids is 1. The highest BCUT2D eigenvalue weighted by molar-refractivity contribution is 7.99. The van der Waals surface area contributed by atoms with Crippen molar-refractivity contribution >= 4 is 58.2 Å². The highest BCUT2D eigenvalue weighted by atomic mass is 35.6. The number of aryl methyl sites for hydroxylation is 1. The number of tetrazole rings is 1. The maximum atomic E-state index is 12.1. The van der Waals surface area contributed by atoms with E-state index >= 15 is 0 Å². The zero-order valence-corrected chi connectivity index (χ0v) is 21.6. The largest absolute Gasteiger partial charge is 0.392 e. The van der Waals surface area contributed by atoms with Gasteiger partial charge in [-0.25, -0.2) is 4.68 Å². The van der Waals surface area contributed by atoms with Crippen molar-refractivity contribution in [1.29, 1.82) is 0 Å². The number of aromatic nitrogens is 4. The van der Waals surface area contributed by atoms with E-state index in [1.807, 2.05) is 30.3 Å². The van der Waals surface area contributed by atoms with Gasteiger partial charge in [-0.05, 0) is 33.7 Å². The van der Waals surface area contributed by atoms with Crippen molar-refractivity contribution in [3.8, 4) is 0 Å². The van der Waals surface area contributed by atoms with Gasteiger partial charge < -0.3 is 19.9 Å². The lowest BCUT2D eigenvalue weighted by Crippen LogP contribution is -2.31. The molecule has 2 aromatic carbocycles. The van der Waals surface area contributed by atoms with Gasteiger partial charge in [0.15, 0.2) is 6.29 Å². The smallest absolute Gasteiger partial charge is 0.276 e. The highest BCUT2D eigenvalue weighted by Crippen LogP contribution is 2.40. The van der Waals surface area contributed by atoms with Gasteiger partial charge in [0, 0.05) is 30.5 Å². The standard InChI is InChI=1S/C22H22Cl3N5O4S/c1-30-21(27-28-29-30)35-12-17-10-18(14-7-5-13(11-31)6-8-14)34-19(33-17)15-3-2-4-16(9-15)26-20(32)22(23,24)25/h2-9,17-19,31H,10-12H2,1H3,(H,26,32)/t17-,18+,19+/m0/s1. The SMILES string of the molecule is Cn1nnnc1SC[C@@H]1C[C@H](c2ccc(CO)cc2)O[C@H](c2cccc(NC(=O)C(Cl)(Cl)Cl)c2)O1. The summed E-state index contributed by atoms with van der Waals surface area (Å²) in [6.07, 6.45) is -0.544. The van der Waals surface area contributed by atoms with Crippen molar-refractivity contribution in [2.24, 2.45) is 7.05 Å². The molecule has 9 nitrogen and oxygen atoms in total. The first-order chi connectivity index (χ1) is 16.7. The van der Waals surface area contributed by atoms with Crippen LogP contribution in [0.1, 0.15) is 35.5 Å². The number of benzene rings is 2. The predicted molar refractivity (Wildman–Crippen MR) is 133 cm³/mol. The topological polar surface area (TPSA) is 111 Å². The Balaban J connectivity index is 1.55. The number of aliphatic hydroxyl groups is 1. The summed E-state index contributed by atoms with van der Waals surface area (Å²) in [6, 6.07) is 14.6. The lowest BCUT2D eigenvalue weighted by atomic mass is 10.0. The van der Waals surface area contributed by atoms with Crippen LogP contribution < -0.4 is 5.32 Å². The molecule has 1 aromatic heterocycles. The second-order valence-electron chi connectivity index (χ2n) is 7.82. The van der Waals surface area contributed by atoms with Crippen molar-refractivity contribution in [2.75, 3.05) is 11.1 Å². The molecule has 1 amide bonds. The van der Waals surface area contributed by atoms with E-state index in [0.717, 1.165) is 11.1 Å². The fraction of sp³-hybridized carbons (Fsp3) is 0.364. The van der Waals surface area contributed by atoms with Gasteiger partial charge in [-0.2, -0.15) is 0 Å². The van der Waals surface area contributed by atoms with E-state index in [-0.39, 0.29) is 18.8 Å². The normalized spacial score (nSPS) is 20.5. The molecule has 0 bridgehead atoms. The van der Waals surface area contributed by atoms with Crippen LogP contribution in [0.3, 0.4) is 0 Å². The number of amides is 1. The third-order valence-corrected chi connectivity index (χ3v) is 6.93. The van der Waals surface area contributed by atoms with E-state index in [1.54, 1.807) is 29.9 Å². The third kappa shape index (κ3) is 6.85. The van der Waals surface area contributed by atoms with Crippen molar-refractivity contribution in [1.82, 2.24) is 20.2 Å². The van der Waals surface area contributed by atoms with Gasteiger partial charge in [-0.3, -0.25) is 4.79 Å². The molecule has 1 aliphatic heterocycles. The van der Waals surface area contributed by atoms with Crippen LogP contribution in [-0.4, -0.2) is 46.9 Å². The molecular weight excluding hydrogens is 537 g/mol. The molecule has 186 valence electrons. The number of hydrogen-bond donors (Lipinski definition) is 2. The summed E-state index contributed by atoms with van der Waals surface area (Å²) in [5.74, 6) is -0.165. The second-order valence-corrected chi connectivity index (χ2v) is 11.1. The minimum Gasteiger partial charge on any atom is -0.392 e. The number of nitrogens with one attached hydrogen (secondary N) is 1. The van der Waals surface area contributed by atoms with Gasteiger partial charge in [-0.1, -0.05) is 83.0 Å². The number of hydrogen-bond acceptors (Lipinski definition) is 8. The fourth-order valence-electron chi connectivity index (χ4n) is 3.50. The molecule has 1 aliphatic rings. The summed E-state index contributed by atoms with van der Waals surface area (Å²) in [4.78, 5) is 12.1. The number of rotatable bonds is 7. The van der Waals surface area contributed by atoms with Gasteiger partial charge in [0.05, 0.1) is 18.8 Å². The number of nitrogens with zero attached hydrogens (tertiary/aromatic N) is 4. The minimum absolute atomic E-state index is 0.0325. The number of halogens is 3. The maximum absolute atomic E-state index is 12.1. The minimum atomic E-state index is -2.09. The first kappa shape index (κ1) is 26.2. The number of anilines is 1. The van der Waals surface area contributed by atoms with Crippen LogP contribution in [0.25, 0.3) is 0 Å². The Morgan fingerprint density at radius 3 is 2.63 bits per heavy atom. The molecule has 0 radical (unpaired) electrons. The Bertz CT molecular complexity index is 1160. The molecule has 2 N–H and O–H groups in total. The third-order valence-electron chi connectivity index (χ3n) is 5.27. The van der Waals surface area contributed by atoms with Crippen molar-refractivity contribution < 1.29 is 19.4 Å². The van der Waals surface area contributed by atoms with E-state index in [2.05, 4.69) is 20.8 Å². The first-order valence-corrected chi connectivity index (χ1v) is 12.7. The zero-order valence-electron chi connectivity index (χ0n) is 18.5. The second kappa shape index (κ2) is 11.4. The van der Waals surface area contributed by atoms with Crippen molar-refractivity contribution in [2.45, 2.75) is 40.5 Å². The van der Waals surface area contributed by atoms with Gasteiger partial charge in [0.2, 0.25) is 5.16 Å². The number of aliphatic hydroxyl groups excluding tert-OH is 1. The number of ether oxygens (including phenoxy) is 2. The van der Waals surface area contributed by atoms with E-state index in [1.165, 1.54) is 11.8 Å². The van der Waals surface area contributed by atoms with Gasteiger partial charge >= 0.3 is 0 Å². The average molecular weight is 559 g/mol. The number of carbonyl (C=O) groups is 1. The molecule has 1 saturated heterocycles. The molecule has 0 saturated carbocycles. The van der Waals surface area contributed by atoms with E-state index in [4.69, 9.17) is 44.3 Å². The van der Waals surface area contributed by atoms with Crippen LogP contribution in [0.2, 0.25) is 0 Å². The number of thioether (sulfide) groups is 1. The number of alkyl halides is 3. The van der Waals surface area contributed by atoms with Crippen molar-refractivity contribution in [3.63, 3.8) is 0 Å². The lowest BCUT2D eigenvalue weighted by molar-refractivity contribution is -0.245. The quantitative estimate of drug-likeness (QED) is 0.325. The van der Waals surface area contributed by atoms with Gasteiger partial charge in [-0.15, -0.1) is 5.10 Å². The zero-order chi connectivity index (χ0) is 25.0. The average Bonchev–Trinajstić information content (AvgIpc) is 3.26. The molecule has 2 heterocycles. The lowest BCUT2D eigenvalue weighted by Gasteiger charge is -2.36. The maximum Gasteiger partial charge on any atom is 0.276 e. The van der Waals surface area contributed by atoms with E-state index in [0.29, 0.717) is 28.6 Å². The summed E-state index contributed by atoms with van der Waals surface area (Å²) in [7, 11) is 1.78. The molecule has 3 aromatic rings. The monoisotopic (exact) mass is 557 g/mol. The molecule has 4 rings (SSSR count). The van der Waals surface area contributed by atoms with Gasteiger partial charge in [0.1, 0.15) is 0 Å². The summed E-state index contributed by atoms with van der Waals surface area (Å²) < 4.78 is 12.1. The first-order valence-electron chi connectivity index (χ1n) is 10.6. The molecular formula is C22H22Cl3N5O4S. The Hall–Kier alpha value is -1.92. The molecule has 13 heteroatoms. The fourth-order valence-corrected chi connectivity index (χ4v) is 4.51. The van der Waals surface area contributed by atoms with Crippen LogP contribution in [-0.2, 0) is 27.9 Å². The summed E-state index contributed by atoms with van der Waals surface area (Å²) >= 11 is 18.5. The Labute approximate surface area is 221 Å². The molecule has 0 spiro atoms. The molecule has 0 unspecified atom stereocenters. The highest BCUT2D eigenvalue weighted by Gasteiger charge is 2.33. The molecule has 1 fully saturated rings. The molecule has 35 heavy (non-hydrogen) atoms. The summed E-state index contributed by atoms with van der Waals surface area (Å²) in [5, 5.41) is 24.2. The summed E-state index contributed by atoms with van der Waals surface area (Å²) in [6.45, 7) is -0.0325. The Morgan fingerprint density at radius 1 is 1.20 bits per heavy atom. The summed E-state index contributed by atoms with van der Waals surface area (Å²) in [5.41, 5.74) is 2.92. The van der Waals surface area contributed by atoms with Crippen LogP contribution in [0.5, 0.6) is 0 Å². The Morgan fingerprint density at radius 2 is 1.97 bits per heavy atom. The molecule has 0 aliphatic carbocycles. The van der Waals surface area contributed by atoms with Crippen LogP contribution >= 0.6 is 46.6 Å². The van der Waals surface area contributed by atoms with E-state index < -0.39 is 16.0 Å². The van der Waals surface area contributed by atoms with Crippen LogP contribution in [0.4, 0.5) is 5.69 Å². The van der Waals surface area contributed by atoms with Crippen LogP contribution in [0.15, 0.2) is 53.7 Å². The predicted octanol–water partition coefficient (Wildman–Crippen LogP) is 4.35. The molecule has 3 atom stereocenters. The van der Waals surface area contributed by atoms with E-state index in [9.17, 15) is 9.90 Å². The van der Waals surface area contributed by atoms with Gasteiger partial charge in [0.25, 0.3) is 9.70 Å². The Kier molecular flexibility index (Phi) is 8.54.